The molecule has 0 bridgehead atoms. The lowest BCUT2D eigenvalue weighted by molar-refractivity contribution is 0.283. The second-order valence-corrected chi connectivity index (χ2v) is 4.62. The molecule has 0 amide bonds. The number of rotatable bonds is 5. The average molecular weight is 263 g/mol. The molecule has 0 saturated carbocycles. The molecule has 90 valence electrons. The van der Waals surface area contributed by atoms with Crippen LogP contribution in [0.5, 0.6) is 5.75 Å². The van der Waals surface area contributed by atoms with Crippen molar-refractivity contribution in [2.75, 3.05) is 33.0 Å². The predicted molar refractivity (Wildman–Crippen MR) is 69.5 cm³/mol. The number of nitrogen functional groups attached to an aromatic ring is 1. The van der Waals surface area contributed by atoms with Gasteiger partial charge in [0.05, 0.1) is 22.3 Å². The number of hydrogen-bond donors (Lipinski definition) is 1. The fourth-order valence-electron chi connectivity index (χ4n) is 1.23. The van der Waals surface area contributed by atoms with E-state index < -0.39 is 0 Å². The molecule has 1 aromatic carbocycles. The maximum Gasteiger partial charge on any atom is 0.143 e. The fourth-order valence-corrected chi connectivity index (χ4v) is 1.56. The summed E-state index contributed by atoms with van der Waals surface area (Å²) >= 11 is 11.7. The van der Waals surface area contributed by atoms with E-state index in [0.29, 0.717) is 28.1 Å². The highest BCUT2D eigenvalue weighted by atomic mass is 35.5. The number of nitrogens with two attached hydrogens (primary N) is 1. The lowest BCUT2D eigenvalue weighted by Crippen LogP contribution is -2.15. The SMILES string of the molecule is CN(C)CCCOc1cc(Cl)c(Cl)cc1N. The van der Waals surface area contributed by atoms with E-state index in [1.807, 2.05) is 14.1 Å². The predicted octanol–water partition coefficient (Wildman–Crippen LogP) is 2.91. The lowest BCUT2D eigenvalue weighted by atomic mass is 10.3. The van der Waals surface area contributed by atoms with Gasteiger partial charge < -0.3 is 15.4 Å². The Bertz CT molecular complexity index is 356. The van der Waals surface area contributed by atoms with E-state index in [1.54, 1.807) is 12.1 Å². The molecule has 0 fully saturated rings. The number of hydrogen-bond acceptors (Lipinski definition) is 3. The molecule has 3 nitrogen and oxygen atoms in total. The van der Waals surface area contributed by atoms with Crippen molar-refractivity contribution >= 4 is 28.9 Å². The smallest absolute Gasteiger partial charge is 0.143 e. The summed E-state index contributed by atoms with van der Waals surface area (Å²) in [6.07, 6.45) is 0.937. The Morgan fingerprint density at radius 2 is 1.88 bits per heavy atom. The van der Waals surface area contributed by atoms with Crippen LogP contribution < -0.4 is 10.5 Å². The van der Waals surface area contributed by atoms with E-state index >= 15 is 0 Å². The van der Waals surface area contributed by atoms with Gasteiger partial charge in [0, 0.05) is 12.6 Å². The van der Waals surface area contributed by atoms with E-state index in [2.05, 4.69) is 4.90 Å². The van der Waals surface area contributed by atoms with Crippen LogP contribution in [0.3, 0.4) is 0 Å². The van der Waals surface area contributed by atoms with Crippen LogP contribution in [0.4, 0.5) is 5.69 Å². The van der Waals surface area contributed by atoms with Gasteiger partial charge in [-0.05, 0) is 26.6 Å². The van der Waals surface area contributed by atoms with Gasteiger partial charge in [0.15, 0.2) is 0 Å². The third kappa shape index (κ3) is 4.08. The Labute approximate surface area is 106 Å². The van der Waals surface area contributed by atoms with Crippen LogP contribution in [0.25, 0.3) is 0 Å². The Hall–Kier alpha value is -0.640. The van der Waals surface area contributed by atoms with Gasteiger partial charge in [-0.1, -0.05) is 23.2 Å². The highest BCUT2D eigenvalue weighted by Gasteiger charge is 2.05. The number of anilines is 1. The monoisotopic (exact) mass is 262 g/mol. The first-order valence-electron chi connectivity index (χ1n) is 5.02. The molecule has 0 aliphatic heterocycles. The molecule has 0 saturated heterocycles. The fraction of sp³-hybridized carbons (Fsp3) is 0.455. The van der Waals surface area contributed by atoms with E-state index in [4.69, 9.17) is 33.7 Å². The van der Waals surface area contributed by atoms with Crippen LogP contribution in [-0.4, -0.2) is 32.1 Å². The summed E-state index contributed by atoms with van der Waals surface area (Å²) in [4.78, 5) is 2.10. The molecule has 16 heavy (non-hydrogen) atoms. The van der Waals surface area contributed by atoms with E-state index in [1.165, 1.54) is 0 Å². The van der Waals surface area contributed by atoms with Gasteiger partial charge >= 0.3 is 0 Å². The Balaban J connectivity index is 2.51. The summed E-state index contributed by atoms with van der Waals surface area (Å²) in [5.41, 5.74) is 6.27. The van der Waals surface area contributed by atoms with Crippen molar-refractivity contribution in [2.24, 2.45) is 0 Å². The van der Waals surface area contributed by atoms with Crippen molar-refractivity contribution in [1.82, 2.24) is 4.90 Å². The van der Waals surface area contributed by atoms with Crippen LogP contribution in [0.15, 0.2) is 12.1 Å². The highest BCUT2D eigenvalue weighted by Crippen LogP contribution is 2.32. The number of halogens is 2. The third-order valence-corrected chi connectivity index (χ3v) is 2.78. The molecule has 0 aromatic heterocycles. The highest BCUT2D eigenvalue weighted by molar-refractivity contribution is 6.42. The van der Waals surface area contributed by atoms with Crippen molar-refractivity contribution in [2.45, 2.75) is 6.42 Å². The summed E-state index contributed by atoms with van der Waals surface area (Å²) < 4.78 is 5.53. The zero-order valence-electron chi connectivity index (χ0n) is 9.46. The van der Waals surface area contributed by atoms with Crippen LogP contribution >= 0.6 is 23.2 Å². The molecule has 0 aliphatic rings. The molecule has 1 aromatic rings. The standard InChI is InChI=1S/C11H16Cl2N2O/c1-15(2)4-3-5-16-11-7-9(13)8(12)6-10(11)14/h6-7H,3-5,14H2,1-2H3. The van der Waals surface area contributed by atoms with E-state index in [-0.39, 0.29) is 0 Å². The van der Waals surface area contributed by atoms with Gasteiger partial charge in [0.2, 0.25) is 0 Å². The summed E-state index contributed by atoms with van der Waals surface area (Å²) in [5.74, 6) is 0.591. The summed E-state index contributed by atoms with van der Waals surface area (Å²) in [6, 6.07) is 3.25. The zero-order chi connectivity index (χ0) is 12.1. The first-order chi connectivity index (χ1) is 7.50. The normalized spacial score (nSPS) is 10.8. The van der Waals surface area contributed by atoms with Crippen LogP contribution in [-0.2, 0) is 0 Å². The van der Waals surface area contributed by atoms with E-state index in [9.17, 15) is 0 Å². The molecular formula is C11H16Cl2N2O. The first kappa shape index (κ1) is 13.4. The Morgan fingerprint density at radius 3 is 2.50 bits per heavy atom. The van der Waals surface area contributed by atoms with Gasteiger partial charge in [-0.3, -0.25) is 0 Å². The molecule has 0 atom stereocenters. The van der Waals surface area contributed by atoms with Crippen LogP contribution in [0.1, 0.15) is 6.42 Å². The Kier molecular flexibility index (Phi) is 5.19. The zero-order valence-corrected chi connectivity index (χ0v) is 11.0. The van der Waals surface area contributed by atoms with Crippen molar-refractivity contribution in [3.05, 3.63) is 22.2 Å². The van der Waals surface area contributed by atoms with Crippen molar-refractivity contribution in [3.63, 3.8) is 0 Å². The molecule has 0 heterocycles. The molecule has 0 aliphatic carbocycles. The van der Waals surface area contributed by atoms with Gasteiger partial charge in [-0.2, -0.15) is 0 Å². The van der Waals surface area contributed by atoms with Crippen LogP contribution in [0.2, 0.25) is 10.0 Å². The third-order valence-electron chi connectivity index (χ3n) is 2.06. The van der Waals surface area contributed by atoms with Crippen molar-refractivity contribution in [1.29, 1.82) is 0 Å². The minimum absolute atomic E-state index is 0.444. The van der Waals surface area contributed by atoms with Crippen molar-refractivity contribution in [3.8, 4) is 5.75 Å². The number of benzene rings is 1. The molecule has 5 heteroatoms. The van der Waals surface area contributed by atoms with Gasteiger partial charge in [0.25, 0.3) is 0 Å². The molecule has 2 N–H and O–H groups in total. The number of ether oxygens (including phenoxy) is 1. The van der Waals surface area contributed by atoms with Gasteiger partial charge in [-0.15, -0.1) is 0 Å². The minimum Gasteiger partial charge on any atom is -0.491 e. The topological polar surface area (TPSA) is 38.5 Å². The molecule has 1 rings (SSSR count). The molecular weight excluding hydrogens is 247 g/mol. The van der Waals surface area contributed by atoms with Gasteiger partial charge in [0.1, 0.15) is 5.75 Å². The second kappa shape index (κ2) is 6.18. The molecule has 0 radical (unpaired) electrons. The van der Waals surface area contributed by atoms with Crippen LogP contribution in [0, 0.1) is 0 Å². The second-order valence-electron chi connectivity index (χ2n) is 3.81. The molecule has 0 unspecified atom stereocenters. The Morgan fingerprint density at radius 1 is 1.25 bits per heavy atom. The van der Waals surface area contributed by atoms with Crippen molar-refractivity contribution < 1.29 is 4.74 Å². The minimum atomic E-state index is 0.444. The number of nitrogens with zero attached hydrogens (tertiary/aromatic N) is 1. The maximum atomic E-state index is 5.87. The lowest BCUT2D eigenvalue weighted by Gasteiger charge is -2.12. The van der Waals surface area contributed by atoms with E-state index in [0.717, 1.165) is 13.0 Å². The average Bonchev–Trinajstić information content (AvgIpc) is 2.19. The quantitative estimate of drug-likeness (QED) is 0.655. The summed E-state index contributed by atoms with van der Waals surface area (Å²) in [6.45, 7) is 1.58. The summed E-state index contributed by atoms with van der Waals surface area (Å²) in [7, 11) is 4.04. The first-order valence-corrected chi connectivity index (χ1v) is 5.78. The largest absolute Gasteiger partial charge is 0.491 e. The van der Waals surface area contributed by atoms with Gasteiger partial charge in [-0.25, -0.2) is 0 Å². The summed E-state index contributed by atoms with van der Waals surface area (Å²) in [5, 5.41) is 0.901. The molecule has 0 spiro atoms. The maximum absolute atomic E-state index is 5.87.